The van der Waals surface area contributed by atoms with Crippen molar-refractivity contribution in [3.05, 3.63) is 53.1 Å². The Bertz CT molecular complexity index is 1450. The lowest BCUT2D eigenvalue weighted by Gasteiger charge is -2.48. The first-order valence-corrected chi connectivity index (χ1v) is 16.8. The van der Waals surface area contributed by atoms with Crippen LogP contribution >= 0.6 is 0 Å². The molecule has 1 aromatic carbocycles. The summed E-state index contributed by atoms with van der Waals surface area (Å²) in [7, 11) is -0.763. The molecule has 0 spiro atoms. The summed E-state index contributed by atoms with van der Waals surface area (Å²) in [5.41, 5.74) is 3.75. The van der Waals surface area contributed by atoms with E-state index in [-0.39, 0.29) is 23.0 Å². The van der Waals surface area contributed by atoms with Crippen LogP contribution in [0.3, 0.4) is 0 Å². The van der Waals surface area contributed by atoms with Crippen molar-refractivity contribution in [3.8, 4) is 6.07 Å². The highest BCUT2D eigenvalue weighted by Gasteiger charge is 2.43. The fourth-order valence-corrected chi connectivity index (χ4v) is 7.78. The van der Waals surface area contributed by atoms with Gasteiger partial charge in [0.15, 0.2) is 15.7 Å². The summed E-state index contributed by atoms with van der Waals surface area (Å²) >= 11 is 0. The number of carbonyl (C=O) groups is 1. The molecule has 1 amide bonds. The minimum Gasteiger partial charge on any atom is -0.369 e. The minimum atomic E-state index is -2.93. The second kappa shape index (κ2) is 12.7. The quantitative estimate of drug-likeness (QED) is 0.470. The van der Waals surface area contributed by atoms with Crippen molar-refractivity contribution in [3.63, 3.8) is 0 Å². The van der Waals surface area contributed by atoms with E-state index in [1.54, 1.807) is 0 Å². The fraction of sp³-hybridized carbons (Fsp3) is 0.581. The Balaban J connectivity index is 1.44. The molecule has 2 atom stereocenters. The highest BCUT2D eigenvalue weighted by Crippen LogP contribution is 2.44. The molecule has 0 saturated carbocycles. The van der Waals surface area contributed by atoms with Gasteiger partial charge in [0.2, 0.25) is 0 Å². The first kappa shape index (κ1) is 30.4. The Kier molecular flexibility index (Phi) is 9.18. The Hall–Kier alpha value is -3.04. The van der Waals surface area contributed by atoms with Crippen LogP contribution in [0.1, 0.15) is 79.8 Å². The number of hydrogen-bond donors (Lipinski definition) is 2. The van der Waals surface area contributed by atoms with Gasteiger partial charge in [0.1, 0.15) is 11.8 Å². The van der Waals surface area contributed by atoms with E-state index in [0.717, 1.165) is 49.7 Å². The third-order valence-electron chi connectivity index (χ3n) is 9.21. The molecule has 42 heavy (non-hydrogen) atoms. The van der Waals surface area contributed by atoms with Crippen molar-refractivity contribution < 1.29 is 17.9 Å². The molecule has 11 heteroatoms. The van der Waals surface area contributed by atoms with E-state index in [2.05, 4.69) is 64.2 Å². The van der Waals surface area contributed by atoms with E-state index in [4.69, 9.17) is 10.00 Å². The van der Waals surface area contributed by atoms with Crippen LogP contribution in [0.15, 0.2) is 30.5 Å². The summed E-state index contributed by atoms with van der Waals surface area (Å²) in [5, 5.41) is 12.2. The van der Waals surface area contributed by atoms with Gasteiger partial charge in [-0.05, 0) is 82.7 Å². The number of amides is 1. The molecule has 2 fully saturated rings. The number of nitrogens with zero attached hydrogens (tertiary/aromatic N) is 4. The summed E-state index contributed by atoms with van der Waals surface area (Å²) in [6.07, 6.45) is 9.48. The fourth-order valence-electron chi connectivity index (χ4n) is 6.50. The first-order chi connectivity index (χ1) is 20.1. The average molecular weight is 595 g/mol. The SMILES string of the molecule is CC1CC(OCCN2CCS(=O)(=O)CC2)(c2ccc(NC(=O)c3ncc(C#N)[nH]3)c(C3=CCCCC3)c2)CC(C)N1C. The molecule has 2 unspecified atom stereocenters. The monoisotopic (exact) mass is 594 g/mol. The van der Waals surface area contributed by atoms with Gasteiger partial charge in [-0.25, -0.2) is 13.4 Å². The van der Waals surface area contributed by atoms with Crippen molar-refractivity contribution in [1.82, 2.24) is 19.8 Å². The lowest BCUT2D eigenvalue weighted by atomic mass is 9.77. The summed E-state index contributed by atoms with van der Waals surface area (Å²) in [5.74, 6) is 0.122. The molecule has 0 radical (unpaired) electrons. The second-order valence-corrected chi connectivity index (χ2v) is 14.4. The number of imidazole rings is 1. The number of hydrogen-bond acceptors (Lipinski definition) is 8. The van der Waals surface area contributed by atoms with Gasteiger partial charge < -0.3 is 19.9 Å². The molecule has 5 rings (SSSR count). The zero-order chi connectivity index (χ0) is 29.9. The number of piperidine rings is 1. The highest BCUT2D eigenvalue weighted by atomic mass is 32.2. The molecular formula is C31H42N6O4S. The van der Waals surface area contributed by atoms with Crippen molar-refractivity contribution in [2.45, 2.75) is 70.1 Å². The van der Waals surface area contributed by atoms with Gasteiger partial charge in [-0.2, -0.15) is 5.26 Å². The number of H-pyrrole nitrogens is 1. The maximum Gasteiger partial charge on any atom is 0.291 e. The van der Waals surface area contributed by atoms with Crippen LogP contribution in [0.2, 0.25) is 0 Å². The van der Waals surface area contributed by atoms with Gasteiger partial charge in [-0.15, -0.1) is 0 Å². The standard InChI is InChI=1S/C31H42N6O4S/c1-22-18-31(19-23(2)36(22)3,41-14-11-37-12-15-42(39,40)16-13-37)25-9-10-28(27(17-25)24-7-5-4-6-8-24)35-30(38)29-33-21-26(20-32)34-29/h7,9-10,17,21-23H,4-6,8,11-16,18-19H2,1-3H3,(H,33,34)(H,35,38). The van der Waals surface area contributed by atoms with Crippen LogP contribution in [-0.2, 0) is 20.2 Å². The van der Waals surface area contributed by atoms with E-state index in [1.807, 2.05) is 12.1 Å². The summed E-state index contributed by atoms with van der Waals surface area (Å²) in [4.78, 5) is 24.5. The largest absolute Gasteiger partial charge is 0.369 e. The van der Waals surface area contributed by atoms with Crippen LogP contribution < -0.4 is 5.32 Å². The van der Waals surface area contributed by atoms with E-state index in [1.165, 1.54) is 11.8 Å². The highest BCUT2D eigenvalue weighted by molar-refractivity contribution is 7.91. The molecule has 2 aromatic rings. The number of aromatic nitrogens is 2. The van der Waals surface area contributed by atoms with Crippen LogP contribution in [0.5, 0.6) is 0 Å². The van der Waals surface area contributed by atoms with Crippen molar-refractivity contribution in [1.29, 1.82) is 5.26 Å². The third-order valence-corrected chi connectivity index (χ3v) is 10.8. The molecule has 0 bridgehead atoms. The number of carbonyl (C=O) groups excluding carboxylic acids is 1. The lowest BCUT2D eigenvalue weighted by Crippen LogP contribution is -2.52. The molecule has 1 aliphatic carbocycles. The van der Waals surface area contributed by atoms with Gasteiger partial charge in [0, 0.05) is 43.0 Å². The molecule has 3 aliphatic rings. The Morgan fingerprint density at radius 2 is 1.95 bits per heavy atom. The van der Waals surface area contributed by atoms with E-state index >= 15 is 0 Å². The van der Waals surface area contributed by atoms with Gasteiger partial charge >= 0.3 is 0 Å². The number of nitriles is 1. The summed E-state index contributed by atoms with van der Waals surface area (Å²) in [6, 6.07) is 8.83. The Labute approximate surface area is 249 Å². The van der Waals surface area contributed by atoms with Gasteiger partial charge in [0.05, 0.1) is 29.9 Å². The number of nitrogens with one attached hydrogen (secondary N) is 2. The number of allylic oxidation sites excluding steroid dienone is 2. The van der Waals surface area contributed by atoms with E-state index in [0.29, 0.717) is 44.0 Å². The maximum absolute atomic E-state index is 13.1. The second-order valence-electron chi connectivity index (χ2n) is 12.1. The van der Waals surface area contributed by atoms with Crippen molar-refractivity contribution in [2.24, 2.45) is 0 Å². The smallest absolute Gasteiger partial charge is 0.291 e. The molecule has 2 saturated heterocycles. The third kappa shape index (κ3) is 6.78. The van der Waals surface area contributed by atoms with Crippen LogP contribution in [0.25, 0.3) is 5.57 Å². The zero-order valence-corrected chi connectivity index (χ0v) is 25.7. The van der Waals surface area contributed by atoms with Crippen molar-refractivity contribution in [2.75, 3.05) is 50.1 Å². The molecule has 1 aromatic heterocycles. The number of likely N-dealkylation sites (tertiary alicyclic amines) is 1. The Morgan fingerprint density at radius 1 is 1.21 bits per heavy atom. The topological polar surface area (TPSA) is 131 Å². The normalized spacial score (nSPS) is 26.8. The van der Waals surface area contributed by atoms with Crippen LogP contribution in [0, 0.1) is 11.3 Å². The average Bonchev–Trinajstić information content (AvgIpc) is 3.47. The van der Waals surface area contributed by atoms with Gasteiger partial charge in [-0.1, -0.05) is 12.1 Å². The summed E-state index contributed by atoms with van der Waals surface area (Å²) in [6.45, 7) is 6.77. The molecule has 3 heterocycles. The molecule has 10 nitrogen and oxygen atoms in total. The zero-order valence-electron chi connectivity index (χ0n) is 24.9. The first-order valence-electron chi connectivity index (χ1n) is 15.0. The van der Waals surface area contributed by atoms with Crippen LogP contribution in [-0.4, -0.2) is 91.0 Å². The van der Waals surface area contributed by atoms with Crippen LogP contribution in [0.4, 0.5) is 5.69 Å². The molecule has 2 aliphatic heterocycles. The molecule has 226 valence electrons. The number of rotatable bonds is 8. The summed E-state index contributed by atoms with van der Waals surface area (Å²) < 4.78 is 30.7. The predicted molar refractivity (Wildman–Crippen MR) is 163 cm³/mol. The van der Waals surface area contributed by atoms with Crippen molar-refractivity contribution >= 4 is 27.0 Å². The molecular weight excluding hydrogens is 552 g/mol. The van der Waals surface area contributed by atoms with Gasteiger partial charge in [0.25, 0.3) is 5.91 Å². The minimum absolute atomic E-state index is 0.0995. The Morgan fingerprint density at radius 3 is 2.60 bits per heavy atom. The lowest BCUT2D eigenvalue weighted by molar-refractivity contribution is -0.118. The number of anilines is 1. The maximum atomic E-state index is 13.1. The number of sulfone groups is 1. The van der Waals surface area contributed by atoms with E-state index in [9.17, 15) is 13.2 Å². The van der Waals surface area contributed by atoms with E-state index < -0.39 is 21.3 Å². The predicted octanol–water partition coefficient (Wildman–Crippen LogP) is 3.94. The number of aromatic amines is 1. The number of ether oxygens (including phenoxy) is 1. The number of benzene rings is 1. The van der Waals surface area contributed by atoms with Gasteiger partial charge in [-0.3, -0.25) is 9.69 Å². The molecule has 2 N–H and O–H groups in total.